The SMILES string of the molecule is CC(C)C(=O)OC(CS(C)(=O)=O)c1ccccc1.CC(C)C(=O)OCC(C#N)c1ccccc1.CC(C)C(=O)OCC(c1ccccc1)c1ccccc1.CC(C)C(=O)OCC1c2ccccc2-c2ccccc21.CC(C)C(=O)OCC1c2ccccc2S(=O)(=O)c2ccccc21.CC(C)C(=O)OCCS(=O)(=O)c1ccccc1.CCC(OC(=O)C(C)C)c1ccccc1. The van der Waals surface area contributed by atoms with Crippen molar-refractivity contribution in [1.29, 1.82) is 5.26 Å². The molecule has 10 aromatic rings. The van der Waals surface area contributed by atoms with E-state index in [1.165, 1.54) is 34.4 Å². The lowest BCUT2D eigenvalue weighted by Crippen LogP contribution is -2.24. The van der Waals surface area contributed by atoms with Crippen LogP contribution in [0, 0.1) is 52.8 Å². The number of nitrogens with zero attached hydrogens (tertiary/aromatic N) is 1. The van der Waals surface area contributed by atoms with E-state index in [1.807, 2.05) is 164 Å². The summed E-state index contributed by atoms with van der Waals surface area (Å²) in [6.45, 7) is 28.0. The molecule has 1 aliphatic heterocycles. The average Bonchev–Trinajstić information content (AvgIpc) is 0.924. The van der Waals surface area contributed by atoms with Crippen LogP contribution in [0.4, 0.5) is 0 Å². The fourth-order valence-electron chi connectivity index (χ4n) is 12.8. The van der Waals surface area contributed by atoms with E-state index in [0.717, 1.165) is 34.9 Å². The number of fused-ring (bicyclic) bond motifs is 5. The second-order valence-electron chi connectivity index (χ2n) is 32.9. The van der Waals surface area contributed by atoms with Crippen molar-refractivity contribution in [3.63, 3.8) is 0 Å². The third-order valence-electron chi connectivity index (χ3n) is 20.1. The molecule has 0 saturated heterocycles. The van der Waals surface area contributed by atoms with Gasteiger partial charge in [-0.3, -0.25) is 33.6 Å². The first kappa shape index (κ1) is 106. The van der Waals surface area contributed by atoms with Gasteiger partial charge in [-0.1, -0.05) is 359 Å². The Balaban J connectivity index is 0.000000233. The molecule has 0 saturated carbocycles. The first-order valence-electron chi connectivity index (χ1n) is 43.3. The Bertz CT molecular complexity index is 5430. The van der Waals surface area contributed by atoms with Gasteiger partial charge in [-0.05, 0) is 91.9 Å². The Labute approximate surface area is 763 Å². The summed E-state index contributed by atoms with van der Waals surface area (Å²) in [5, 5.41) is 8.99. The van der Waals surface area contributed by atoms with Gasteiger partial charge in [-0.25, -0.2) is 25.3 Å². The van der Waals surface area contributed by atoms with Crippen LogP contribution in [0.3, 0.4) is 0 Å². The van der Waals surface area contributed by atoms with E-state index in [4.69, 9.17) is 38.4 Å². The highest BCUT2D eigenvalue weighted by atomic mass is 32.2. The van der Waals surface area contributed by atoms with Gasteiger partial charge in [-0.15, -0.1) is 0 Å². The number of carbonyl (C=O) groups excluding carboxylic acids is 7. The number of esters is 7. The van der Waals surface area contributed by atoms with Crippen molar-refractivity contribution in [2.75, 3.05) is 50.8 Å². The van der Waals surface area contributed by atoms with Gasteiger partial charge in [0.25, 0.3) is 0 Å². The van der Waals surface area contributed by atoms with Crippen molar-refractivity contribution >= 4 is 71.3 Å². The summed E-state index contributed by atoms with van der Waals surface area (Å²) in [6.07, 6.45) is 1.09. The van der Waals surface area contributed by atoms with Crippen LogP contribution in [0.25, 0.3) is 11.1 Å². The summed E-state index contributed by atoms with van der Waals surface area (Å²) in [5.74, 6) is -3.68. The predicted octanol–water partition coefficient (Wildman–Crippen LogP) is 20.6. The second-order valence-corrected chi connectivity index (χ2v) is 39.1. The zero-order chi connectivity index (χ0) is 95.0. The summed E-state index contributed by atoms with van der Waals surface area (Å²) in [7, 11) is -10.1. The van der Waals surface area contributed by atoms with Gasteiger partial charge in [-0.2, -0.15) is 5.26 Å². The van der Waals surface area contributed by atoms with Gasteiger partial charge >= 0.3 is 41.8 Å². The minimum atomic E-state index is -3.53. The monoisotopic (exact) mass is 1810 g/mol. The first-order valence-corrected chi connectivity index (χ1v) is 48.5. The summed E-state index contributed by atoms with van der Waals surface area (Å²) < 4.78 is 109. The molecule has 0 amide bonds. The van der Waals surface area contributed by atoms with Crippen molar-refractivity contribution in [2.45, 2.75) is 161 Å². The smallest absolute Gasteiger partial charge is 0.309 e. The molecule has 1 aliphatic carbocycles. The van der Waals surface area contributed by atoms with Crippen molar-refractivity contribution in [3.05, 3.63) is 329 Å². The van der Waals surface area contributed by atoms with Crippen molar-refractivity contribution in [3.8, 4) is 17.2 Å². The maximum absolute atomic E-state index is 12.8. The number of nitriles is 1. The van der Waals surface area contributed by atoms with E-state index < -0.39 is 41.6 Å². The van der Waals surface area contributed by atoms with Crippen LogP contribution >= 0.6 is 0 Å². The molecule has 3 unspecified atom stereocenters. The maximum Gasteiger partial charge on any atom is 0.309 e. The van der Waals surface area contributed by atoms with Gasteiger partial charge in [0.15, 0.2) is 19.7 Å². The average molecular weight is 1820 g/mol. The molecule has 24 heteroatoms. The third kappa shape index (κ3) is 34.1. The Morgan fingerprint density at radius 3 is 1.01 bits per heavy atom. The minimum Gasteiger partial charge on any atom is -0.464 e. The number of sulfone groups is 3. The Morgan fingerprint density at radius 1 is 0.349 bits per heavy atom. The topological polar surface area (TPSA) is 310 Å². The molecular formula is C105H123NO20S3. The Hall–Kier alpha value is -12.2. The first-order chi connectivity index (χ1) is 61.3. The normalized spacial score (nSPS) is 12.8. The molecule has 0 fully saturated rings. The van der Waals surface area contributed by atoms with Gasteiger partial charge in [0, 0.05) is 24.0 Å². The van der Waals surface area contributed by atoms with Crippen LogP contribution in [0.1, 0.15) is 196 Å². The number of hydrogen-bond acceptors (Lipinski definition) is 21. The lowest BCUT2D eigenvalue weighted by Gasteiger charge is -2.28. The highest BCUT2D eigenvalue weighted by molar-refractivity contribution is 7.92. The number of ether oxygens (including phenoxy) is 7. The molecule has 21 nitrogen and oxygen atoms in total. The van der Waals surface area contributed by atoms with E-state index in [1.54, 1.807) is 146 Å². The highest BCUT2D eigenvalue weighted by Crippen LogP contribution is 2.45. The molecule has 0 spiro atoms. The van der Waals surface area contributed by atoms with Crippen LogP contribution in [0.5, 0.6) is 0 Å². The van der Waals surface area contributed by atoms with Gasteiger partial charge in [0.2, 0.25) is 9.84 Å². The number of carbonyl (C=O) groups is 7. The molecule has 1 heterocycles. The molecule has 129 heavy (non-hydrogen) atoms. The summed E-state index contributed by atoms with van der Waals surface area (Å²) >= 11 is 0. The maximum atomic E-state index is 12.8. The van der Waals surface area contributed by atoms with Gasteiger partial charge in [0.1, 0.15) is 51.2 Å². The largest absolute Gasteiger partial charge is 0.464 e. The fraction of sp³-hybridized carbons (Fsp3) is 0.352. The molecule has 0 radical (unpaired) electrons. The molecule has 12 rings (SSSR count). The number of benzene rings is 10. The van der Waals surface area contributed by atoms with Gasteiger partial charge in [0.05, 0.1) is 73.7 Å². The van der Waals surface area contributed by atoms with Crippen LogP contribution in [0.15, 0.2) is 294 Å². The van der Waals surface area contributed by atoms with Crippen molar-refractivity contribution in [1.82, 2.24) is 0 Å². The van der Waals surface area contributed by atoms with E-state index in [9.17, 15) is 58.8 Å². The zero-order valence-electron chi connectivity index (χ0n) is 76.6. The third-order valence-corrected chi connectivity index (χ3v) is 24.6. The molecule has 0 bridgehead atoms. The molecule has 3 atom stereocenters. The summed E-state index contributed by atoms with van der Waals surface area (Å²) in [6, 6.07) is 89.2. The lowest BCUT2D eigenvalue weighted by atomic mass is 9.91. The standard InChI is InChI=1S/C18H18O4S.C18H18O2.C18H20O2.C13H15NO2.C13H18O4S.C13H18O2.C12H16O4S/c1-12(2)18(19)22-11-15-13-7-3-5-9-16(13)23(20,21)17-10-6-4-8-14(15)17;1-12(2)18(19)20-11-17-15-9-5-3-7-13(15)14-8-4-6-10-16(14)17;1-14(2)18(19)20-13-17(15-9-5-3-6-10-15)16-11-7-4-8-12-16;1-10(2)13(15)16-9-12(8-14)11-6-4-3-5-7-11;1-10(2)13(14)17-12(9-18(3,15)16)11-7-5-4-6-8-11;1-4-12(15-13(14)10(2)3)11-8-6-5-7-9-11;1-10(2)12(13)16-8-9-17(14,15)11-6-4-3-5-7-11/h3-10,12,15H,11H2,1-2H3;3-10,12,17H,11H2,1-2H3;3-12,14,17H,13H2,1-2H3;3-7,10,12H,9H2,1-2H3;4-8,10,12H,9H2,1-3H3;5-10,12H,4H2,1-3H3;3-7,10H,8-9H2,1-2H3. The summed E-state index contributed by atoms with van der Waals surface area (Å²) in [4.78, 5) is 81.5. The van der Waals surface area contributed by atoms with E-state index in [-0.39, 0.29) is 143 Å². The fourth-order valence-corrected chi connectivity index (χ4v) is 16.5. The van der Waals surface area contributed by atoms with Crippen molar-refractivity contribution in [2.24, 2.45) is 41.4 Å². The van der Waals surface area contributed by atoms with Crippen LogP contribution in [-0.4, -0.2) is 118 Å². The Morgan fingerprint density at radius 2 is 0.643 bits per heavy atom. The highest BCUT2D eigenvalue weighted by Gasteiger charge is 2.37. The molecule has 10 aromatic carbocycles. The quantitative estimate of drug-likeness (QED) is 0.0310. The zero-order valence-corrected chi connectivity index (χ0v) is 79.0. The Kier molecular flexibility index (Phi) is 43.4. The van der Waals surface area contributed by atoms with Crippen LogP contribution in [-0.2, 0) is 96.2 Å². The molecule has 2 aliphatic rings. The van der Waals surface area contributed by atoms with E-state index >= 15 is 0 Å². The molecule has 0 aromatic heterocycles. The molecule has 0 N–H and O–H groups in total. The van der Waals surface area contributed by atoms with Crippen LogP contribution < -0.4 is 0 Å². The molecular weight excluding hydrogens is 1690 g/mol. The van der Waals surface area contributed by atoms with Crippen LogP contribution in [0.2, 0.25) is 0 Å². The summed E-state index contributed by atoms with van der Waals surface area (Å²) in [5.41, 5.74) is 11.3. The second kappa shape index (κ2) is 53.0. The van der Waals surface area contributed by atoms with Gasteiger partial charge < -0.3 is 33.2 Å². The predicted molar refractivity (Wildman–Crippen MR) is 501 cm³/mol. The van der Waals surface area contributed by atoms with Crippen molar-refractivity contribution < 1.29 is 92.0 Å². The van der Waals surface area contributed by atoms with E-state index in [2.05, 4.69) is 66.7 Å². The van der Waals surface area contributed by atoms with E-state index in [0.29, 0.717) is 39.7 Å². The number of rotatable bonds is 29. The molecule has 686 valence electrons. The minimum absolute atomic E-state index is 0.0669. The number of hydrogen-bond donors (Lipinski definition) is 0. The lowest BCUT2D eigenvalue weighted by molar-refractivity contribution is -0.154.